The second-order valence-electron chi connectivity index (χ2n) is 4.49. The van der Waals surface area contributed by atoms with E-state index >= 15 is 0 Å². The smallest absolute Gasteiger partial charge is 0.126 e. The van der Waals surface area contributed by atoms with Crippen LogP contribution in [0.1, 0.15) is 24.1 Å². The van der Waals surface area contributed by atoms with Crippen LogP contribution in [-0.4, -0.2) is 0 Å². The highest BCUT2D eigenvalue weighted by Crippen LogP contribution is 2.35. The molecular formula is C15H15BrFNS. The molecule has 2 aromatic rings. The number of rotatable bonds is 3. The fourth-order valence-corrected chi connectivity index (χ4v) is 3.51. The van der Waals surface area contributed by atoms with Gasteiger partial charge in [-0.2, -0.15) is 0 Å². The van der Waals surface area contributed by atoms with Crippen LogP contribution in [0.25, 0.3) is 0 Å². The molecule has 2 aromatic carbocycles. The summed E-state index contributed by atoms with van der Waals surface area (Å²) < 4.78 is 14.7. The highest BCUT2D eigenvalue weighted by atomic mass is 79.9. The van der Waals surface area contributed by atoms with Gasteiger partial charge in [-0.05, 0) is 55.3 Å². The van der Waals surface area contributed by atoms with Gasteiger partial charge in [-0.3, -0.25) is 0 Å². The Morgan fingerprint density at radius 1 is 1.26 bits per heavy atom. The minimum absolute atomic E-state index is 0.190. The first-order valence-electron chi connectivity index (χ1n) is 5.96. The van der Waals surface area contributed by atoms with Gasteiger partial charge in [0.2, 0.25) is 0 Å². The van der Waals surface area contributed by atoms with E-state index in [0.29, 0.717) is 5.56 Å². The standard InChI is InChI=1S/C15H15BrFNS/c1-9-6-15(13(10(2)18)8-14(9)17)19-12-5-3-4-11(16)7-12/h3-8,10H,18H2,1-2H3/t10-/m1/s1. The molecule has 2 N–H and O–H groups in total. The van der Waals surface area contributed by atoms with Gasteiger partial charge in [0.05, 0.1) is 0 Å². The third-order valence-electron chi connectivity index (χ3n) is 2.81. The predicted octanol–water partition coefficient (Wildman–Crippen LogP) is 5.07. The van der Waals surface area contributed by atoms with Crippen molar-refractivity contribution in [2.24, 2.45) is 5.73 Å². The number of hydrogen-bond acceptors (Lipinski definition) is 2. The molecule has 0 aliphatic heterocycles. The van der Waals surface area contributed by atoms with Crippen LogP contribution in [0.3, 0.4) is 0 Å². The highest BCUT2D eigenvalue weighted by molar-refractivity contribution is 9.10. The molecule has 100 valence electrons. The number of benzene rings is 2. The quantitative estimate of drug-likeness (QED) is 0.844. The summed E-state index contributed by atoms with van der Waals surface area (Å²) in [5, 5.41) is 0. The second kappa shape index (κ2) is 6.07. The molecule has 1 nitrogen and oxygen atoms in total. The largest absolute Gasteiger partial charge is 0.324 e. The van der Waals surface area contributed by atoms with Crippen LogP contribution in [-0.2, 0) is 0 Å². The molecule has 0 aromatic heterocycles. The lowest BCUT2D eigenvalue weighted by molar-refractivity contribution is 0.610. The third kappa shape index (κ3) is 3.59. The molecule has 2 rings (SSSR count). The van der Waals surface area contributed by atoms with Crippen LogP contribution < -0.4 is 5.73 Å². The van der Waals surface area contributed by atoms with Crippen LogP contribution >= 0.6 is 27.7 Å². The van der Waals surface area contributed by atoms with Crippen LogP contribution in [0.2, 0.25) is 0 Å². The summed E-state index contributed by atoms with van der Waals surface area (Å²) in [6.07, 6.45) is 0. The number of nitrogens with two attached hydrogens (primary N) is 1. The van der Waals surface area contributed by atoms with Gasteiger partial charge in [-0.25, -0.2) is 4.39 Å². The average Bonchev–Trinajstić information content (AvgIpc) is 2.33. The average molecular weight is 340 g/mol. The first-order chi connectivity index (χ1) is 8.97. The van der Waals surface area contributed by atoms with Gasteiger partial charge < -0.3 is 5.73 Å². The highest BCUT2D eigenvalue weighted by Gasteiger charge is 2.12. The van der Waals surface area contributed by atoms with Gasteiger partial charge in [0.1, 0.15) is 5.82 Å². The van der Waals surface area contributed by atoms with E-state index in [1.165, 1.54) is 0 Å². The zero-order valence-corrected chi connectivity index (χ0v) is 13.2. The molecule has 0 fully saturated rings. The number of hydrogen-bond donors (Lipinski definition) is 1. The van der Waals surface area contributed by atoms with Crippen LogP contribution in [0, 0.1) is 12.7 Å². The molecule has 19 heavy (non-hydrogen) atoms. The third-order valence-corrected chi connectivity index (χ3v) is 4.36. The molecule has 0 radical (unpaired) electrons. The molecule has 0 bridgehead atoms. The fraction of sp³-hybridized carbons (Fsp3) is 0.200. The lowest BCUT2D eigenvalue weighted by Crippen LogP contribution is -2.07. The van der Waals surface area contributed by atoms with E-state index in [9.17, 15) is 4.39 Å². The van der Waals surface area contributed by atoms with Crippen molar-refractivity contribution >= 4 is 27.7 Å². The van der Waals surface area contributed by atoms with Crippen LogP contribution in [0.5, 0.6) is 0 Å². The van der Waals surface area contributed by atoms with Crippen molar-refractivity contribution in [3.63, 3.8) is 0 Å². The molecule has 0 aliphatic carbocycles. The van der Waals surface area contributed by atoms with E-state index in [1.54, 1.807) is 24.8 Å². The summed E-state index contributed by atoms with van der Waals surface area (Å²) >= 11 is 5.05. The zero-order chi connectivity index (χ0) is 14.0. The topological polar surface area (TPSA) is 26.0 Å². The molecule has 0 saturated carbocycles. The minimum Gasteiger partial charge on any atom is -0.324 e. The van der Waals surface area contributed by atoms with Gasteiger partial charge >= 0.3 is 0 Å². The number of halogens is 2. The normalized spacial score (nSPS) is 12.5. The van der Waals surface area contributed by atoms with E-state index < -0.39 is 0 Å². The van der Waals surface area contributed by atoms with Crippen LogP contribution in [0.4, 0.5) is 4.39 Å². The van der Waals surface area contributed by atoms with Gasteiger partial charge in [-0.1, -0.05) is 33.8 Å². The molecule has 4 heteroatoms. The van der Waals surface area contributed by atoms with Crippen LogP contribution in [0.15, 0.2) is 50.7 Å². The Labute approximate surface area is 125 Å². The van der Waals surface area contributed by atoms with Crippen molar-refractivity contribution in [1.82, 2.24) is 0 Å². The summed E-state index contributed by atoms with van der Waals surface area (Å²) in [6.45, 7) is 3.64. The Balaban J connectivity index is 2.41. The number of aryl methyl sites for hydroxylation is 1. The summed E-state index contributed by atoms with van der Waals surface area (Å²) in [7, 11) is 0. The van der Waals surface area contributed by atoms with Crippen molar-refractivity contribution in [2.45, 2.75) is 29.7 Å². The summed E-state index contributed by atoms with van der Waals surface area (Å²) in [6, 6.07) is 11.2. The molecule has 0 spiro atoms. The van der Waals surface area contributed by atoms with E-state index in [4.69, 9.17) is 5.73 Å². The Hall–Kier alpha value is -0.840. The van der Waals surface area contributed by atoms with E-state index in [2.05, 4.69) is 15.9 Å². The SMILES string of the molecule is Cc1cc(Sc2cccc(Br)c2)c([C@@H](C)N)cc1F. The molecule has 0 aliphatic rings. The minimum atomic E-state index is -0.203. The first kappa shape index (κ1) is 14.6. The Bertz CT molecular complexity index is 599. The first-order valence-corrected chi connectivity index (χ1v) is 7.57. The van der Waals surface area contributed by atoms with Gasteiger partial charge in [0, 0.05) is 20.3 Å². The molecule has 0 saturated heterocycles. The maximum absolute atomic E-state index is 13.7. The Morgan fingerprint density at radius 2 is 2.00 bits per heavy atom. The summed E-state index contributed by atoms with van der Waals surface area (Å²) in [5.41, 5.74) is 7.41. The molecule has 1 atom stereocenters. The van der Waals surface area contributed by atoms with Gasteiger partial charge in [0.15, 0.2) is 0 Å². The van der Waals surface area contributed by atoms with Crippen molar-refractivity contribution < 1.29 is 4.39 Å². The molecular weight excluding hydrogens is 325 g/mol. The maximum Gasteiger partial charge on any atom is 0.126 e. The van der Waals surface area contributed by atoms with E-state index in [0.717, 1.165) is 19.8 Å². The van der Waals surface area contributed by atoms with E-state index in [1.807, 2.05) is 37.3 Å². The second-order valence-corrected chi connectivity index (χ2v) is 6.52. The monoisotopic (exact) mass is 339 g/mol. The molecule has 0 amide bonds. The van der Waals surface area contributed by atoms with Crippen molar-refractivity contribution in [2.75, 3.05) is 0 Å². The Kier molecular flexibility index (Phi) is 4.66. The Morgan fingerprint density at radius 3 is 2.63 bits per heavy atom. The molecule has 0 unspecified atom stereocenters. The predicted molar refractivity (Wildman–Crippen MR) is 82.0 cm³/mol. The lowest BCUT2D eigenvalue weighted by Gasteiger charge is -2.14. The zero-order valence-electron chi connectivity index (χ0n) is 10.8. The fourth-order valence-electron chi connectivity index (χ4n) is 1.77. The van der Waals surface area contributed by atoms with E-state index in [-0.39, 0.29) is 11.9 Å². The van der Waals surface area contributed by atoms with Gasteiger partial charge in [-0.15, -0.1) is 0 Å². The lowest BCUT2D eigenvalue weighted by atomic mass is 10.1. The summed E-state index contributed by atoms with van der Waals surface area (Å²) in [4.78, 5) is 2.11. The van der Waals surface area contributed by atoms with Gasteiger partial charge in [0.25, 0.3) is 0 Å². The van der Waals surface area contributed by atoms with Crippen molar-refractivity contribution in [3.05, 3.63) is 57.8 Å². The summed E-state index contributed by atoms with van der Waals surface area (Å²) in [5.74, 6) is -0.203. The van der Waals surface area contributed by atoms with Crippen molar-refractivity contribution in [1.29, 1.82) is 0 Å². The maximum atomic E-state index is 13.7. The molecule has 0 heterocycles. The van der Waals surface area contributed by atoms with Crippen molar-refractivity contribution in [3.8, 4) is 0 Å².